The van der Waals surface area contributed by atoms with E-state index in [-0.39, 0.29) is 10.7 Å². The summed E-state index contributed by atoms with van der Waals surface area (Å²) >= 11 is 5.80. The monoisotopic (exact) mass is 412 g/mol. The molecular formula is C15H12ClF3N8O. The number of pyridine rings is 1. The Morgan fingerprint density at radius 2 is 1.82 bits per heavy atom. The molecule has 0 bridgehead atoms. The van der Waals surface area contributed by atoms with Crippen LogP contribution in [-0.2, 0) is 6.18 Å². The summed E-state index contributed by atoms with van der Waals surface area (Å²) < 4.78 is 37.9. The summed E-state index contributed by atoms with van der Waals surface area (Å²) in [4.78, 5) is 25.0. The first-order valence-electron chi connectivity index (χ1n) is 7.73. The molecule has 3 aromatic rings. The molecular weight excluding hydrogens is 401 g/mol. The third-order valence-corrected chi connectivity index (χ3v) is 3.78. The van der Waals surface area contributed by atoms with Crippen LogP contribution in [0.3, 0.4) is 0 Å². The lowest BCUT2D eigenvalue weighted by atomic mass is 10.2. The molecule has 13 heteroatoms. The number of aromatic nitrogens is 6. The van der Waals surface area contributed by atoms with Crippen LogP contribution in [-0.4, -0.2) is 36.0 Å². The first kappa shape index (κ1) is 19.5. The van der Waals surface area contributed by atoms with Gasteiger partial charge in [-0.05, 0) is 13.0 Å². The van der Waals surface area contributed by atoms with Crippen LogP contribution in [0.2, 0.25) is 5.02 Å². The fraction of sp³-hybridized carbons (Fsp3) is 0.200. The van der Waals surface area contributed by atoms with E-state index >= 15 is 0 Å². The van der Waals surface area contributed by atoms with Crippen LogP contribution >= 0.6 is 11.6 Å². The molecule has 1 atom stereocenters. The van der Waals surface area contributed by atoms with Crippen molar-refractivity contribution in [1.29, 1.82) is 0 Å². The molecule has 0 aromatic carbocycles. The van der Waals surface area contributed by atoms with Gasteiger partial charge in [0, 0.05) is 12.4 Å². The fourth-order valence-corrected chi connectivity index (χ4v) is 2.43. The van der Waals surface area contributed by atoms with Gasteiger partial charge >= 0.3 is 12.2 Å². The number of nitrogens with zero attached hydrogens (tertiary/aromatic N) is 6. The average Bonchev–Trinajstić information content (AvgIpc) is 3.17. The number of alkyl halides is 3. The summed E-state index contributed by atoms with van der Waals surface area (Å²) in [7, 11) is 0. The zero-order chi connectivity index (χ0) is 20.3. The second-order valence-electron chi connectivity index (χ2n) is 5.45. The number of anilines is 1. The maximum atomic E-state index is 12.6. The van der Waals surface area contributed by atoms with Crippen molar-refractivity contribution in [2.24, 2.45) is 0 Å². The number of amides is 2. The van der Waals surface area contributed by atoms with E-state index in [0.29, 0.717) is 17.6 Å². The second-order valence-corrected chi connectivity index (χ2v) is 5.86. The number of rotatable bonds is 4. The van der Waals surface area contributed by atoms with Gasteiger partial charge in [0.1, 0.15) is 11.4 Å². The van der Waals surface area contributed by atoms with Crippen molar-refractivity contribution < 1.29 is 18.0 Å². The van der Waals surface area contributed by atoms with Gasteiger partial charge in [-0.1, -0.05) is 11.6 Å². The minimum atomic E-state index is -4.64. The topological polar surface area (TPSA) is 111 Å². The summed E-state index contributed by atoms with van der Waals surface area (Å²) in [5.41, 5.74) is -0.856. The van der Waals surface area contributed by atoms with Crippen molar-refractivity contribution in [1.82, 2.24) is 35.3 Å². The molecule has 28 heavy (non-hydrogen) atoms. The van der Waals surface area contributed by atoms with Crippen molar-refractivity contribution in [3.8, 4) is 5.82 Å². The molecule has 0 radical (unpaired) electrons. The van der Waals surface area contributed by atoms with E-state index in [1.54, 1.807) is 6.92 Å². The van der Waals surface area contributed by atoms with Crippen molar-refractivity contribution in [2.75, 3.05) is 5.32 Å². The van der Waals surface area contributed by atoms with Crippen LogP contribution in [0, 0.1) is 0 Å². The summed E-state index contributed by atoms with van der Waals surface area (Å²) in [6.45, 7) is 1.64. The summed E-state index contributed by atoms with van der Waals surface area (Å²) in [6.07, 6.45) is 2.00. The van der Waals surface area contributed by atoms with Crippen molar-refractivity contribution >= 4 is 23.3 Å². The van der Waals surface area contributed by atoms with Gasteiger partial charge in [0.05, 0.1) is 35.3 Å². The molecule has 2 amide bonds. The van der Waals surface area contributed by atoms with Gasteiger partial charge in [-0.25, -0.2) is 14.8 Å². The van der Waals surface area contributed by atoms with E-state index in [1.165, 1.54) is 29.6 Å². The Balaban J connectivity index is 1.73. The molecule has 3 rings (SSSR count). The Kier molecular flexibility index (Phi) is 5.40. The molecule has 0 saturated heterocycles. The number of hydrogen-bond acceptors (Lipinski definition) is 6. The van der Waals surface area contributed by atoms with Gasteiger partial charge in [0.25, 0.3) is 0 Å². The van der Waals surface area contributed by atoms with Gasteiger partial charge in [-0.3, -0.25) is 4.98 Å². The third-order valence-electron chi connectivity index (χ3n) is 3.46. The molecule has 146 valence electrons. The summed E-state index contributed by atoms with van der Waals surface area (Å²) in [6, 6.07) is -0.720. The number of urea groups is 1. The maximum Gasteiger partial charge on any atom is 0.433 e. The molecule has 3 aromatic heterocycles. The summed E-state index contributed by atoms with van der Waals surface area (Å²) in [5.74, 6) is 0.314. The fourth-order valence-electron chi connectivity index (χ4n) is 2.23. The molecule has 0 spiro atoms. The maximum absolute atomic E-state index is 12.6. The molecule has 0 aliphatic heterocycles. The molecule has 1 unspecified atom stereocenters. The zero-order valence-corrected chi connectivity index (χ0v) is 14.9. The second kappa shape index (κ2) is 7.76. The highest BCUT2D eigenvalue weighted by molar-refractivity contribution is 6.33. The van der Waals surface area contributed by atoms with E-state index in [0.717, 1.165) is 6.20 Å². The largest absolute Gasteiger partial charge is 0.433 e. The Hall–Kier alpha value is -3.28. The van der Waals surface area contributed by atoms with Crippen LogP contribution < -0.4 is 10.6 Å². The SMILES string of the molecule is CC(NC(=O)Nc1cnc(C(F)(F)F)cc1Cl)c1nccnc1-n1nccn1. The predicted octanol–water partition coefficient (Wildman–Crippen LogP) is 3.01. The Labute approximate surface area is 161 Å². The van der Waals surface area contributed by atoms with E-state index in [9.17, 15) is 18.0 Å². The molecule has 0 aliphatic rings. The highest BCUT2D eigenvalue weighted by Crippen LogP contribution is 2.31. The molecule has 0 fully saturated rings. The van der Waals surface area contributed by atoms with Crippen molar-refractivity contribution in [3.63, 3.8) is 0 Å². The average molecular weight is 413 g/mol. The number of halogens is 4. The molecule has 3 heterocycles. The number of hydrogen-bond donors (Lipinski definition) is 2. The Bertz CT molecular complexity index is 980. The lowest BCUT2D eigenvalue weighted by Crippen LogP contribution is -2.32. The standard InChI is InChI=1S/C15H12ClF3N8O/c1-8(12-13(21-3-2-20-12)27-23-4-5-24-27)25-14(28)26-10-7-22-11(6-9(10)16)15(17,18)19/h2-8H,1H3,(H2,25,26,28). The van der Waals surface area contributed by atoms with Crippen LogP contribution in [0.15, 0.2) is 37.1 Å². The lowest BCUT2D eigenvalue weighted by molar-refractivity contribution is -0.141. The van der Waals surface area contributed by atoms with Gasteiger partial charge < -0.3 is 10.6 Å². The Morgan fingerprint density at radius 3 is 2.46 bits per heavy atom. The Morgan fingerprint density at radius 1 is 1.14 bits per heavy atom. The van der Waals surface area contributed by atoms with Gasteiger partial charge in [0.15, 0.2) is 5.82 Å². The van der Waals surface area contributed by atoms with E-state index < -0.39 is 23.9 Å². The predicted molar refractivity (Wildman–Crippen MR) is 91.8 cm³/mol. The van der Waals surface area contributed by atoms with Crippen LogP contribution in [0.4, 0.5) is 23.7 Å². The smallest absolute Gasteiger partial charge is 0.330 e. The van der Waals surface area contributed by atoms with E-state index in [2.05, 4.69) is 35.8 Å². The normalized spacial score (nSPS) is 12.5. The van der Waals surface area contributed by atoms with E-state index in [1.807, 2.05) is 0 Å². The minimum Gasteiger partial charge on any atom is -0.330 e. The summed E-state index contributed by atoms with van der Waals surface area (Å²) in [5, 5.41) is 12.6. The van der Waals surface area contributed by atoms with Gasteiger partial charge in [-0.2, -0.15) is 23.4 Å². The van der Waals surface area contributed by atoms with Crippen LogP contribution in [0.25, 0.3) is 5.82 Å². The third kappa shape index (κ3) is 4.34. The quantitative estimate of drug-likeness (QED) is 0.681. The van der Waals surface area contributed by atoms with Crippen molar-refractivity contribution in [3.05, 3.63) is 53.5 Å². The van der Waals surface area contributed by atoms with Gasteiger partial charge in [-0.15, -0.1) is 4.80 Å². The lowest BCUT2D eigenvalue weighted by Gasteiger charge is -2.16. The zero-order valence-electron chi connectivity index (χ0n) is 14.1. The molecule has 0 saturated carbocycles. The van der Waals surface area contributed by atoms with Crippen molar-refractivity contribution in [2.45, 2.75) is 19.1 Å². The van der Waals surface area contributed by atoms with Crippen LogP contribution in [0.5, 0.6) is 0 Å². The van der Waals surface area contributed by atoms with Crippen LogP contribution in [0.1, 0.15) is 24.4 Å². The first-order chi connectivity index (χ1) is 13.3. The number of carbonyl (C=O) groups excluding carboxylic acids is 1. The van der Waals surface area contributed by atoms with Gasteiger partial charge in [0.2, 0.25) is 0 Å². The number of carbonyl (C=O) groups is 1. The highest BCUT2D eigenvalue weighted by atomic mass is 35.5. The minimum absolute atomic E-state index is 0.0764. The number of nitrogens with one attached hydrogen (secondary N) is 2. The molecule has 2 N–H and O–H groups in total. The van der Waals surface area contributed by atoms with E-state index in [4.69, 9.17) is 11.6 Å². The first-order valence-corrected chi connectivity index (χ1v) is 8.11. The highest BCUT2D eigenvalue weighted by Gasteiger charge is 2.33. The molecule has 0 aliphatic carbocycles. The molecule has 9 nitrogen and oxygen atoms in total.